The van der Waals surface area contributed by atoms with Crippen molar-refractivity contribution >= 4 is 33.4 Å². The predicted molar refractivity (Wildman–Crippen MR) is 68.6 cm³/mol. The van der Waals surface area contributed by atoms with E-state index >= 15 is 0 Å². The van der Waals surface area contributed by atoms with Crippen LogP contribution >= 0.6 is 15.9 Å². The number of pyridine rings is 1. The smallest absolute Gasteiger partial charge is 0.337 e. The molecule has 0 amide bonds. The van der Waals surface area contributed by atoms with Crippen molar-refractivity contribution in [3.63, 3.8) is 0 Å². The molecule has 0 aliphatic rings. The molecule has 0 aliphatic carbocycles. The van der Waals surface area contributed by atoms with Crippen molar-refractivity contribution in [3.05, 3.63) is 52.6 Å². The van der Waals surface area contributed by atoms with Gasteiger partial charge in [0, 0.05) is 16.4 Å². The Morgan fingerprint density at radius 1 is 1.29 bits per heavy atom. The molecule has 2 rings (SSSR count). The van der Waals surface area contributed by atoms with Crippen LogP contribution in [0.4, 0.5) is 11.5 Å². The van der Waals surface area contributed by atoms with Gasteiger partial charge < -0.3 is 10.4 Å². The average molecular weight is 293 g/mol. The van der Waals surface area contributed by atoms with Gasteiger partial charge in [-0.2, -0.15) is 0 Å². The second kappa shape index (κ2) is 4.97. The van der Waals surface area contributed by atoms with Gasteiger partial charge in [-0.3, -0.25) is 0 Å². The lowest BCUT2D eigenvalue weighted by atomic mass is 10.3. The highest BCUT2D eigenvalue weighted by Gasteiger charge is 2.02. The van der Waals surface area contributed by atoms with Crippen molar-refractivity contribution in [2.24, 2.45) is 0 Å². The van der Waals surface area contributed by atoms with Gasteiger partial charge >= 0.3 is 5.97 Å². The Kier molecular flexibility index (Phi) is 3.39. The zero-order valence-electron chi connectivity index (χ0n) is 8.72. The summed E-state index contributed by atoms with van der Waals surface area (Å²) in [6.07, 6.45) is 1.32. The fraction of sp³-hybridized carbons (Fsp3) is 0. The zero-order chi connectivity index (χ0) is 12.3. The first-order valence-corrected chi connectivity index (χ1v) is 5.66. The van der Waals surface area contributed by atoms with Crippen molar-refractivity contribution in [3.8, 4) is 0 Å². The highest BCUT2D eigenvalue weighted by Crippen LogP contribution is 2.19. The molecule has 2 N–H and O–H groups in total. The number of aromatic carboxylic acids is 1. The van der Waals surface area contributed by atoms with Gasteiger partial charge in [0.2, 0.25) is 0 Å². The van der Waals surface area contributed by atoms with Crippen molar-refractivity contribution in [1.29, 1.82) is 0 Å². The van der Waals surface area contributed by atoms with Gasteiger partial charge in [-0.1, -0.05) is 22.0 Å². The first kappa shape index (κ1) is 11.6. The van der Waals surface area contributed by atoms with E-state index in [1.54, 1.807) is 6.07 Å². The minimum Gasteiger partial charge on any atom is -0.478 e. The number of carboxylic acid groups (broad SMARTS) is 1. The number of rotatable bonds is 3. The monoisotopic (exact) mass is 292 g/mol. The van der Waals surface area contributed by atoms with Gasteiger partial charge in [0.15, 0.2) is 0 Å². The van der Waals surface area contributed by atoms with Crippen molar-refractivity contribution in [1.82, 2.24) is 4.98 Å². The lowest BCUT2D eigenvalue weighted by Crippen LogP contribution is -1.99. The number of halogens is 1. The Labute approximate surface area is 106 Å². The van der Waals surface area contributed by atoms with E-state index in [1.165, 1.54) is 12.3 Å². The summed E-state index contributed by atoms with van der Waals surface area (Å²) in [4.78, 5) is 14.7. The highest BCUT2D eigenvalue weighted by molar-refractivity contribution is 9.10. The van der Waals surface area contributed by atoms with Crippen LogP contribution in [0, 0.1) is 0 Å². The van der Waals surface area contributed by atoms with Crippen LogP contribution in [0.3, 0.4) is 0 Å². The normalized spacial score (nSPS) is 9.94. The van der Waals surface area contributed by atoms with E-state index in [4.69, 9.17) is 5.11 Å². The standard InChI is InChI=1S/C12H9BrN2O2/c13-9-2-1-3-10(6-9)15-11-5-4-8(7-14-11)12(16)17/h1-7H,(H,14,15)(H,16,17). The summed E-state index contributed by atoms with van der Waals surface area (Å²) < 4.78 is 0.963. The molecule has 0 spiro atoms. The zero-order valence-corrected chi connectivity index (χ0v) is 10.3. The molecule has 0 saturated carbocycles. The topological polar surface area (TPSA) is 62.2 Å². The van der Waals surface area contributed by atoms with Crippen LogP contribution in [0.5, 0.6) is 0 Å². The third kappa shape index (κ3) is 3.04. The first-order valence-electron chi connectivity index (χ1n) is 4.87. The summed E-state index contributed by atoms with van der Waals surface area (Å²) in [5.41, 5.74) is 1.06. The van der Waals surface area contributed by atoms with E-state index in [0.717, 1.165) is 10.2 Å². The molecule has 2 aromatic rings. The molecule has 0 atom stereocenters. The molecule has 1 heterocycles. The molecular formula is C12H9BrN2O2. The number of aromatic nitrogens is 1. The van der Waals surface area contributed by atoms with E-state index < -0.39 is 5.97 Å². The molecule has 0 aliphatic heterocycles. The summed E-state index contributed by atoms with van der Waals surface area (Å²) in [6.45, 7) is 0. The van der Waals surface area contributed by atoms with Gasteiger partial charge in [0.05, 0.1) is 5.56 Å². The van der Waals surface area contributed by atoms with Crippen LogP contribution in [-0.4, -0.2) is 16.1 Å². The fourth-order valence-electron chi connectivity index (χ4n) is 1.31. The largest absolute Gasteiger partial charge is 0.478 e. The van der Waals surface area contributed by atoms with Crippen LogP contribution in [-0.2, 0) is 0 Å². The lowest BCUT2D eigenvalue weighted by Gasteiger charge is -2.05. The van der Waals surface area contributed by atoms with Crippen LogP contribution in [0.15, 0.2) is 47.1 Å². The molecule has 4 nitrogen and oxygen atoms in total. The number of nitrogens with one attached hydrogen (secondary N) is 1. The third-order valence-corrected chi connectivity index (χ3v) is 2.60. The van der Waals surface area contributed by atoms with Gasteiger partial charge in [-0.15, -0.1) is 0 Å². The van der Waals surface area contributed by atoms with Crippen molar-refractivity contribution in [2.45, 2.75) is 0 Å². The van der Waals surface area contributed by atoms with E-state index in [-0.39, 0.29) is 5.56 Å². The quantitative estimate of drug-likeness (QED) is 0.911. The molecule has 0 bridgehead atoms. The maximum atomic E-state index is 10.6. The summed E-state index contributed by atoms with van der Waals surface area (Å²) >= 11 is 3.37. The Bertz CT molecular complexity index is 540. The van der Waals surface area contributed by atoms with E-state index in [0.29, 0.717) is 5.82 Å². The SMILES string of the molecule is O=C(O)c1ccc(Nc2cccc(Br)c2)nc1. The molecule has 5 heteroatoms. The lowest BCUT2D eigenvalue weighted by molar-refractivity contribution is 0.0696. The number of nitrogens with zero attached hydrogens (tertiary/aromatic N) is 1. The minimum absolute atomic E-state index is 0.171. The van der Waals surface area contributed by atoms with Gasteiger partial charge in [-0.25, -0.2) is 9.78 Å². The van der Waals surface area contributed by atoms with E-state index in [9.17, 15) is 4.79 Å². The molecule has 0 saturated heterocycles. The molecule has 86 valence electrons. The number of hydrogen-bond acceptors (Lipinski definition) is 3. The molecule has 0 fully saturated rings. The molecule has 1 aromatic carbocycles. The number of carboxylic acids is 1. The highest BCUT2D eigenvalue weighted by atomic mass is 79.9. The maximum absolute atomic E-state index is 10.6. The Balaban J connectivity index is 2.16. The average Bonchev–Trinajstić information content (AvgIpc) is 2.29. The Morgan fingerprint density at radius 3 is 2.71 bits per heavy atom. The number of hydrogen-bond donors (Lipinski definition) is 2. The number of benzene rings is 1. The summed E-state index contributed by atoms with van der Waals surface area (Å²) in [6, 6.07) is 10.8. The van der Waals surface area contributed by atoms with Gasteiger partial charge in [-0.05, 0) is 30.3 Å². The predicted octanol–water partition coefficient (Wildman–Crippen LogP) is 3.29. The second-order valence-electron chi connectivity index (χ2n) is 3.37. The van der Waals surface area contributed by atoms with Crippen molar-refractivity contribution < 1.29 is 9.90 Å². The molecule has 0 radical (unpaired) electrons. The second-order valence-corrected chi connectivity index (χ2v) is 4.29. The fourth-order valence-corrected chi connectivity index (χ4v) is 1.71. The summed E-state index contributed by atoms with van der Waals surface area (Å²) in [5, 5.41) is 11.8. The third-order valence-electron chi connectivity index (χ3n) is 2.11. The summed E-state index contributed by atoms with van der Waals surface area (Å²) in [5.74, 6) is -0.375. The number of anilines is 2. The molecular weight excluding hydrogens is 284 g/mol. The maximum Gasteiger partial charge on any atom is 0.337 e. The number of carbonyl (C=O) groups is 1. The van der Waals surface area contributed by atoms with Crippen LogP contribution in [0.2, 0.25) is 0 Å². The van der Waals surface area contributed by atoms with Crippen LogP contribution in [0.25, 0.3) is 0 Å². The van der Waals surface area contributed by atoms with Gasteiger partial charge in [0.1, 0.15) is 5.82 Å². The van der Waals surface area contributed by atoms with E-state index in [1.807, 2.05) is 24.3 Å². The Hall–Kier alpha value is -1.88. The van der Waals surface area contributed by atoms with E-state index in [2.05, 4.69) is 26.2 Å². The Morgan fingerprint density at radius 2 is 2.12 bits per heavy atom. The van der Waals surface area contributed by atoms with Crippen molar-refractivity contribution in [2.75, 3.05) is 5.32 Å². The first-order chi connectivity index (χ1) is 8.15. The summed E-state index contributed by atoms with van der Waals surface area (Å²) in [7, 11) is 0. The van der Waals surface area contributed by atoms with Crippen LogP contribution in [0.1, 0.15) is 10.4 Å². The van der Waals surface area contributed by atoms with Gasteiger partial charge in [0.25, 0.3) is 0 Å². The molecule has 1 aromatic heterocycles. The molecule has 0 unspecified atom stereocenters. The van der Waals surface area contributed by atoms with Crippen LogP contribution < -0.4 is 5.32 Å². The minimum atomic E-state index is -0.980. The molecule has 17 heavy (non-hydrogen) atoms.